The van der Waals surface area contributed by atoms with Crippen molar-refractivity contribution >= 4 is 11.8 Å². The molecule has 0 unspecified atom stereocenters. The fourth-order valence-corrected chi connectivity index (χ4v) is 2.04. The van der Waals surface area contributed by atoms with Crippen molar-refractivity contribution < 1.29 is 0 Å². The van der Waals surface area contributed by atoms with Crippen molar-refractivity contribution in [3.63, 3.8) is 0 Å². The highest BCUT2D eigenvalue weighted by atomic mass is 32.2. The zero-order valence-electron chi connectivity index (χ0n) is 11.4. The molecule has 0 radical (unpaired) electrons. The lowest BCUT2D eigenvalue weighted by Crippen LogP contribution is -2.48. The molecule has 0 amide bonds. The zero-order valence-corrected chi connectivity index (χ0v) is 12.2. The second-order valence-electron chi connectivity index (χ2n) is 5.17. The maximum absolute atomic E-state index is 12.1. The first-order valence-corrected chi connectivity index (χ1v) is 6.82. The first-order chi connectivity index (χ1) is 8.20. The minimum Gasteiger partial charge on any atom is -0.333 e. The monoisotopic (exact) mass is 272 g/mol. The van der Waals surface area contributed by atoms with Crippen molar-refractivity contribution in [2.75, 3.05) is 11.6 Å². The molecule has 1 atom stereocenters. The van der Waals surface area contributed by atoms with Crippen molar-refractivity contribution in [2.45, 2.75) is 45.8 Å². The fourth-order valence-electron chi connectivity index (χ4n) is 1.42. The van der Waals surface area contributed by atoms with Crippen LogP contribution in [0.1, 0.15) is 40.7 Å². The molecule has 0 aromatic carbocycles. The van der Waals surface area contributed by atoms with Gasteiger partial charge in [-0.2, -0.15) is 9.66 Å². The molecule has 2 N–H and O–H groups in total. The fraction of sp³-hybridized carbons (Fsp3) is 0.727. The van der Waals surface area contributed by atoms with Crippen LogP contribution >= 0.6 is 11.8 Å². The first-order valence-electron chi connectivity index (χ1n) is 5.83. The van der Waals surface area contributed by atoms with E-state index in [1.807, 2.05) is 34.6 Å². The van der Waals surface area contributed by atoms with Gasteiger partial charge >= 0.3 is 11.4 Å². The van der Waals surface area contributed by atoms with Gasteiger partial charge in [0.2, 0.25) is 0 Å². The van der Waals surface area contributed by atoms with E-state index in [4.69, 9.17) is 5.84 Å². The summed E-state index contributed by atoms with van der Waals surface area (Å²) < 4.78 is 2.05. The van der Waals surface area contributed by atoms with Gasteiger partial charge in [-0.15, -0.1) is 0 Å². The number of nitrogens with two attached hydrogens (primary N) is 1. The van der Waals surface area contributed by atoms with E-state index < -0.39 is 11.4 Å². The molecule has 1 aromatic rings. The smallest absolute Gasteiger partial charge is 0.333 e. The predicted molar refractivity (Wildman–Crippen MR) is 73.5 cm³/mol. The highest BCUT2D eigenvalue weighted by molar-refractivity contribution is 7.99. The van der Waals surface area contributed by atoms with E-state index in [1.165, 1.54) is 11.8 Å². The van der Waals surface area contributed by atoms with Crippen molar-refractivity contribution in [1.29, 1.82) is 0 Å². The van der Waals surface area contributed by atoms with Crippen LogP contribution in [0.2, 0.25) is 0 Å². The number of nitrogens with zero attached hydrogens (tertiary/aromatic N) is 3. The maximum atomic E-state index is 12.1. The van der Waals surface area contributed by atoms with Crippen molar-refractivity contribution in [2.24, 2.45) is 5.41 Å². The largest absolute Gasteiger partial charge is 0.354 e. The third-order valence-electron chi connectivity index (χ3n) is 2.93. The number of nitrogen functional groups attached to an aromatic ring is 1. The third-order valence-corrected chi connectivity index (χ3v) is 3.76. The molecular formula is C11H20N4O2S. The van der Waals surface area contributed by atoms with Gasteiger partial charge in [0, 0.05) is 6.04 Å². The SMILES string of the molecule is CCSc1nc(=O)n([C@@H](C)C(C)(C)C)c(=O)n1N. The Hall–Kier alpha value is -1.24. The molecule has 18 heavy (non-hydrogen) atoms. The lowest BCUT2D eigenvalue weighted by Gasteiger charge is -2.28. The lowest BCUT2D eigenvalue weighted by atomic mass is 9.88. The standard InChI is InChI=1S/C11H20N4O2S/c1-6-18-9-13-8(16)14(10(17)15(9)12)7(2)11(3,4)5/h7H,6,12H2,1-5H3/t7-/m0/s1. The topological polar surface area (TPSA) is 82.9 Å². The van der Waals surface area contributed by atoms with Crippen LogP contribution in [0.3, 0.4) is 0 Å². The Morgan fingerprint density at radius 1 is 1.39 bits per heavy atom. The number of hydrogen-bond acceptors (Lipinski definition) is 5. The van der Waals surface area contributed by atoms with Crippen LogP contribution in [0, 0.1) is 5.41 Å². The Balaban J connectivity index is 3.46. The van der Waals surface area contributed by atoms with E-state index in [0.717, 1.165) is 9.24 Å². The molecule has 0 aliphatic heterocycles. The minimum atomic E-state index is -0.542. The van der Waals surface area contributed by atoms with Crippen LogP contribution in [0.4, 0.5) is 0 Å². The summed E-state index contributed by atoms with van der Waals surface area (Å²) in [5.74, 6) is 6.38. The van der Waals surface area contributed by atoms with E-state index in [2.05, 4.69) is 4.98 Å². The summed E-state index contributed by atoms with van der Waals surface area (Å²) >= 11 is 1.27. The first kappa shape index (κ1) is 14.8. The highest BCUT2D eigenvalue weighted by Gasteiger charge is 2.26. The van der Waals surface area contributed by atoms with Crippen molar-refractivity contribution in [1.82, 2.24) is 14.2 Å². The van der Waals surface area contributed by atoms with E-state index in [1.54, 1.807) is 0 Å². The third kappa shape index (κ3) is 2.77. The molecule has 1 heterocycles. The van der Waals surface area contributed by atoms with E-state index >= 15 is 0 Å². The van der Waals surface area contributed by atoms with E-state index in [-0.39, 0.29) is 16.6 Å². The number of rotatable bonds is 3. The van der Waals surface area contributed by atoms with Gasteiger partial charge < -0.3 is 5.84 Å². The molecule has 1 rings (SSSR count). The second-order valence-corrected chi connectivity index (χ2v) is 6.41. The Kier molecular flexibility index (Phi) is 4.26. The summed E-state index contributed by atoms with van der Waals surface area (Å²) in [6.07, 6.45) is 0. The average Bonchev–Trinajstić information content (AvgIpc) is 2.24. The molecule has 0 spiro atoms. The second kappa shape index (κ2) is 5.17. The predicted octanol–water partition coefficient (Wildman–Crippen LogP) is 0.838. The quantitative estimate of drug-likeness (QED) is 0.651. The van der Waals surface area contributed by atoms with Gasteiger partial charge in [0.1, 0.15) is 0 Å². The Bertz CT molecular complexity index is 541. The molecule has 7 heteroatoms. The van der Waals surface area contributed by atoms with Crippen molar-refractivity contribution in [3.8, 4) is 0 Å². The van der Waals surface area contributed by atoms with Crippen LogP contribution in [0.5, 0.6) is 0 Å². The number of aromatic nitrogens is 3. The number of thioether (sulfide) groups is 1. The molecule has 6 nitrogen and oxygen atoms in total. The van der Waals surface area contributed by atoms with E-state index in [9.17, 15) is 9.59 Å². The van der Waals surface area contributed by atoms with Gasteiger partial charge in [-0.3, -0.25) is 0 Å². The number of hydrogen-bond donors (Lipinski definition) is 1. The van der Waals surface area contributed by atoms with Gasteiger partial charge in [0.05, 0.1) is 0 Å². The van der Waals surface area contributed by atoms with Crippen molar-refractivity contribution in [3.05, 3.63) is 21.0 Å². The molecule has 0 aliphatic rings. The molecule has 0 bridgehead atoms. The molecule has 0 aliphatic carbocycles. The summed E-state index contributed by atoms with van der Waals surface area (Å²) in [5.41, 5.74) is -1.29. The van der Waals surface area contributed by atoms with Gasteiger partial charge in [-0.25, -0.2) is 14.2 Å². The van der Waals surface area contributed by atoms with E-state index in [0.29, 0.717) is 5.75 Å². The summed E-state index contributed by atoms with van der Waals surface area (Å²) in [6.45, 7) is 9.59. The zero-order chi connectivity index (χ0) is 14.1. The van der Waals surface area contributed by atoms with Crippen LogP contribution in [0.15, 0.2) is 14.7 Å². The molecule has 102 valence electrons. The molecule has 1 aromatic heterocycles. The van der Waals surface area contributed by atoms with Gasteiger partial charge in [0.25, 0.3) is 0 Å². The van der Waals surface area contributed by atoms with Crippen LogP contribution in [0.25, 0.3) is 0 Å². The Morgan fingerprint density at radius 3 is 2.39 bits per heavy atom. The van der Waals surface area contributed by atoms with Crippen LogP contribution < -0.4 is 17.2 Å². The molecule has 0 fully saturated rings. The molecule has 0 saturated carbocycles. The summed E-state index contributed by atoms with van der Waals surface area (Å²) in [5, 5.41) is 0.254. The average molecular weight is 272 g/mol. The highest BCUT2D eigenvalue weighted by Crippen LogP contribution is 2.27. The van der Waals surface area contributed by atoms with Crippen LogP contribution in [-0.4, -0.2) is 20.0 Å². The lowest BCUT2D eigenvalue weighted by molar-refractivity contribution is 0.242. The van der Waals surface area contributed by atoms with Crippen LogP contribution in [-0.2, 0) is 0 Å². The Labute approximate surface area is 110 Å². The Morgan fingerprint density at radius 2 is 1.94 bits per heavy atom. The van der Waals surface area contributed by atoms with Gasteiger partial charge in [-0.05, 0) is 18.1 Å². The summed E-state index contributed by atoms with van der Waals surface area (Å²) in [6, 6.07) is -0.277. The van der Waals surface area contributed by atoms with Gasteiger partial charge in [0.15, 0.2) is 5.16 Å². The summed E-state index contributed by atoms with van der Waals surface area (Å²) in [7, 11) is 0. The minimum absolute atomic E-state index is 0.225. The molecule has 0 saturated heterocycles. The summed E-state index contributed by atoms with van der Waals surface area (Å²) in [4.78, 5) is 27.9. The molecular weight excluding hydrogens is 252 g/mol. The van der Waals surface area contributed by atoms with Gasteiger partial charge in [-0.1, -0.05) is 39.5 Å². The maximum Gasteiger partial charge on any atom is 0.354 e. The normalized spacial score (nSPS) is 13.6.